The van der Waals surface area contributed by atoms with Crippen molar-refractivity contribution in [1.29, 1.82) is 0 Å². The Morgan fingerprint density at radius 3 is 2.62 bits per heavy atom. The molecule has 1 amide bonds. The lowest BCUT2D eigenvalue weighted by Gasteiger charge is -2.12. The van der Waals surface area contributed by atoms with E-state index in [1.807, 2.05) is 24.3 Å². The summed E-state index contributed by atoms with van der Waals surface area (Å²) in [5.41, 5.74) is 1.74. The van der Waals surface area contributed by atoms with Gasteiger partial charge in [-0.05, 0) is 42.2 Å². The van der Waals surface area contributed by atoms with Crippen molar-refractivity contribution in [3.05, 3.63) is 53.1 Å². The van der Waals surface area contributed by atoms with Crippen molar-refractivity contribution in [2.75, 3.05) is 23.4 Å². The van der Waals surface area contributed by atoms with Crippen molar-refractivity contribution in [1.82, 2.24) is 0 Å². The van der Waals surface area contributed by atoms with Gasteiger partial charge in [0.1, 0.15) is 5.75 Å². The molecule has 2 aromatic carbocycles. The van der Waals surface area contributed by atoms with Gasteiger partial charge in [-0.25, -0.2) is 8.42 Å². The van der Waals surface area contributed by atoms with Crippen LogP contribution in [0.4, 0.5) is 11.4 Å². The third-order valence-corrected chi connectivity index (χ3v) is 5.13. The molecule has 0 aromatic heterocycles. The third-order valence-electron chi connectivity index (χ3n) is 4.19. The maximum Gasteiger partial charge on any atom is 0.229 e. The fourth-order valence-corrected chi connectivity index (χ4v) is 3.74. The van der Waals surface area contributed by atoms with Crippen LogP contribution in [-0.4, -0.2) is 27.7 Å². The Kier molecular flexibility index (Phi) is 5.11. The second-order valence-corrected chi connectivity index (χ2v) is 8.40. The van der Waals surface area contributed by atoms with Gasteiger partial charge in [0.25, 0.3) is 0 Å². The van der Waals surface area contributed by atoms with Crippen LogP contribution >= 0.6 is 11.6 Å². The summed E-state index contributed by atoms with van der Waals surface area (Å²) in [4.78, 5) is 12.5. The SMILES string of the molecule is COc1ccc(NC(=O)C2CC2c2ccccc2Cl)cc1NS(C)(=O)=O. The number of ether oxygens (including phenoxy) is 1. The molecule has 0 spiro atoms. The first-order valence-corrected chi connectivity index (χ1v) is 10.3. The molecule has 1 aliphatic rings. The summed E-state index contributed by atoms with van der Waals surface area (Å²) < 4.78 is 30.5. The average molecular weight is 395 g/mol. The van der Waals surface area contributed by atoms with Crippen molar-refractivity contribution in [3.8, 4) is 5.75 Å². The first-order valence-electron chi connectivity index (χ1n) is 7.99. The van der Waals surface area contributed by atoms with Gasteiger partial charge < -0.3 is 10.1 Å². The Bertz CT molecular complexity index is 946. The van der Waals surface area contributed by atoms with Crippen molar-refractivity contribution >= 4 is 38.9 Å². The lowest BCUT2D eigenvalue weighted by Crippen LogP contribution is -2.15. The van der Waals surface area contributed by atoms with E-state index in [9.17, 15) is 13.2 Å². The van der Waals surface area contributed by atoms with E-state index in [-0.39, 0.29) is 23.4 Å². The Hall–Kier alpha value is -2.25. The van der Waals surface area contributed by atoms with Crippen LogP contribution in [0.1, 0.15) is 17.9 Å². The standard InChI is InChI=1S/C18H19ClN2O4S/c1-25-17-8-7-11(9-16(17)21-26(2,23)24)20-18(22)14-10-13(14)12-5-3-4-6-15(12)19/h3-9,13-14,21H,10H2,1-2H3,(H,20,22). The molecular weight excluding hydrogens is 376 g/mol. The molecule has 6 nitrogen and oxygen atoms in total. The number of carbonyl (C=O) groups excluding carboxylic acids is 1. The molecule has 1 saturated carbocycles. The van der Waals surface area contributed by atoms with E-state index >= 15 is 0 Å². The minimum atomic E-state index is -3.47. The number of carbonyl (C=O) groups is 1. The van der Waals surface area contributed by atoms with Crippen LogP contribution in [-0.2, 0) is 14.8 Å². The second kappa shape index (κ2) is 7.17. The molecule has 138 valence electrons. The zero-order valence-electron chi connectivity index (χ0n) is 14.3. The minimum Gasteiger partial charge on any atom is -0.495 e. The Morgan fingerprint density at radius 1 is 1.23 bits per heavy atom. The molecule has 1 fully saturated rings. The van der Waals surface area contributed by atoms with E-state index < -0.39 is 10.0 Å². The molecule has 0 aliphatic heterocycles. The minimum absolute atomic E-state index is 0.107. The summed E-state index contributed by atoms with van der Waals surface area (Å²) >= 11 is 6.19. The van der Waals surface area contributed by atoms with Crippen LogP contribution in [0, 0.1) is 5.92 Å². The quantitative estimate of drug-likeness (QED) is 0.785. The molecule has 0 saturated heterocycles. The van der Waals surface area contributed by atoms with Gasteiger partial charge in [-0.15, -0.1) is 0 Å². The number of anilines is 2. The maximum atomic E-state index is 12.5. The van der Waals surface area contributed by atoms with E-state index in [1.165, 1.54) is 13.2 Å². The first-order chi connectivity index (χ1) is 12.3. The number of hydrogen-bond acceptors (Lipinski definition) is 4. The number of hydrogen-bond donors (Lipinski definition) is 2. The summed E-state index contributed by atoms with van der Waals surface area (Å²) in [5, 5.41) is 3.49. The Labute approximate surface area is 157 Å². The van der Waals surface area contributed by atoms with E-state index in [0.717, 1.165) is 18.2 Å². The zero-order valence-corrected chi connectivity index (χ0v) is 15.9. The maximum absolute atomic E-state index is 12.5. The third kappa shape index (κ3) is 4.28. The van der Waals surface area contributed by atoms with Crippen LogP contribution in [0.25, 0.3) is 0 Å². The first kappa shape index (κ1) is 18.5. The highest BCUT2D eigenvalue weighted by molar-refractivity contribution is 7.92. The fraction of sp³-hybridized carbons (Fsp3) is 0.278. The molecule has 3 rings (SSSR count). The molecule has 8 heteroatoms. The number of sulfonamides is 1. The van der Waals surface area contributed by atoms with Crippen LogP contribution in [0.15, 0.2) is 42.5 Å². The van der Waals surface area contributed by atoms with Crippen molar-refractivity contribution in [2.24, 2.45) is 5.92 Å². The summed E-state index contributed by atoms with van der Waals surface area (Å²) in [5.74, 6) is 0.207. The van der Waals surface area contributed by atoms with Gasteiger partial charge in [0.05, 0.1) is 19.1 Å². The van der Waals surface area contributed by atoms with Gasteiger partial charge in [-0.2, -0.15) is 0 Å². The normalized spacial score (nSPS) is 18.9. The summed E-state index contributed by atoms with van der Waals surface area (Å²) in [6.45, 7) is 0. The number of rotatable bonds is 6. The molecule has 2 aromatic rings. The van der Waals surface area contributed by atoms with Crippen LogP contribution < -0.4 is 14.8 Å². The molecule has 2 N–H and O–H groups in total. The molecule has 0 radical (unpaired) electrons. The number of nitrogens with one attached hydrogen (secondary N) is 2. The van der Waals surface area contributed by atoms with Gasteiger partial charge >= 0.3 is 0 Å². The van der Waals surface area contributed by atoms with E-state index in [4.69, 9.17) is 16.3 Å². The van der Waals surface area contributed by atoms with Gasteiger partial charge in [0.2, 0.25) is 15.9 Å². The Balaban J connectivity index is 1.72. The van der Waals surface area contributed by atoms with Gasteiger partial charge in [-0.3, -0.25) is 9.52 Å². The molecule has 0 bridgehead atoms. The summed E-state index contributed by atoms with van der Waals surface area (Å²) in [7, 11) is -2.02. The predicted octanol–water partition coefficient (Wildman–Crippen LogP) is 3.46. The highest BCUT2D eigenvalue weighted by Gasteiger charge is 2.44. The predicted molar refractivity (Wildman–Crippen MR) is 102 cm³/mol. The highest BCUT2D eigenvalue weighted by Crippen LogP contribution is 2.50. The van der Waals surface area contributed by atoms with E-state index in [0.29, 0.717) is 16.5 Å². The largest absolute Gasteiger partial charge is 0.495 e. The van der Waals surface area contributed by atoms with Crippen molar-refractivity contribution in [2.45, 2.75) is 12.3 Å². The Morgan fingerprint density at radius 2 is 1.96 bits per heavy atom. The van der Waals surface area contributed by atoms with Crippen molar-refractivity contribution < 1.29 is 17.9 Å². The van der Waals surface area contributed by atoms with Crippen LogP contribution in [0.5, 0.6) is 5.75 Å². The number of amides is 1. The van der Waals surface area contributed by atoms with E-state index in [2.05, 4.69) is 10.0 Å². The molecule has 1 aliphatic carbocycles. The summed E-state index contributed by atoms with van der Waals surface area (Å²) in [6.07, 6.45) is 1.79. The highest BCUT2D eigenvalue weighted by atomic mass is 35.5. The number of benzene rings is 2. The molecule has 0 heterocycles. The zero-order chi connectivity index (χ0) is 18.9. The number of methoxy groups -OCH3 is 1. The smallest absolute Gasteiger partial charge is 0.229 e. The van der Waals surface area contributed by atoms with Crippen LogP contribution in [0.3, 0.4) is 0 Å². The lowest BCUT2D eigenvalue weighted by molar-refractivity contribution is -0.117. The average Bonchev–Trinajstić information content (AvgIpc) is 3.34. The van der Waals surface area contributed by atoms with Gasteiger partial charge in [-0.1, -0.05) is 29.8 Å². The van der Waals surface area contributed by atoms with Crippen molar-refractivity contribution in [3.63, 3.8) is 0 Å². The fourth-order valence-electron chi connectivity index (χ4n) is 2.90. The van der Waals surface area contributed by atoms with Gasteiger partial charge in [0, 0.05) is 16.6 Å². The van der Waals surface area contributed by atoms with E-state index in [1.54, 1.807) is 12.1 Å². The monoisotopic (exact) mass is 394 g/mol. The molecule has 2 atom stereocenters. The topological polar surface area (TPSA) is 84.5 Å². The second-order valence-electron chi connectivity index (χ2n) is 6.25. The number of halogens is 1. The summed E-state index contributed by atoms with van der Waals surface area (Å²) in [6, 6.07) is 12.3. The van der Waals surface area contributed by atoms with Gasteiger partial charge in [0.15, 0.2) is 0 Å². The lowest BCUT2D eigenvalue weighted by atomic mass is 10.1. The molecule has 26 heavy (non-hydrogen) atoms. The molecule has 2 unspecified atom stereocenters. The van der Waals surface area contributed by atoms with Crippen LogP contribution in [0.2, 0.25) is 5.02 Å². The molecular formula is C18H19ClN2O4S.